The van der Waals surface area contributed by atoms with Crippen LogP contribution in [0.1, 0.15) is 18.7 Å². The van der Waals surface area contributed by atoms with Crippen LogP contribution in [0.2, 0.25) is 0 Å². The highest BCUT2D eigenvalue weighted by atomic mass is 16.3. The third kappa shape index (κ3) is 1.95. The summed E-state index contributed by atoms with van der Waals surface area (Å²) in [7, 11) is 0. The number of aliphatic hydroxyl groups is 1. The van der Waals surface area contributed by atoms with Gasteiger partial charge in [-0.25, -0.2) is 9.97 Å². The molecule has 1 aliphatic heterocycles. The molecule has 18 heavy (non-hydrogen) atoms. The van der Waals surface area contributed by atoms with Crippen LogP contribution in [-0.2, 0) is 0 Å². The lowest BCUT2D eigenvalue weighted by atomic mass is 9.98. The molecule has 0 amide bonds. The molecule has 2 N–H and O–H groups in total. The Hall–Kier alpha value is -1.62. The molecule has 0 radical (unpaired) electrons. The molecular formula is C13H18N4O. The SMILES string of the molecule is Cc1nc(N2CCC(CO)CC2)c2cc[nH]c2n1. The second-order valence-corrected chi connectivity index (χ2v) is 4.95. The Balaban J connectivity index is 1.92. The lowest BCUT2D eigenvalue weighted by molar-refractivity contribution is 0.203. The number of H-pyrrole nitrogens is 1. The topological polar surface area (TPSA) is 65.0 Å². The van der Waals surface area contributed by atoms with Crippen LogP contribution < -0.4 is 4.90 Å². The number of aliphatic hydroxyl groups excluding tert-OH is 1. The van der Waals surface area contributed by atoms with Crippen molar-refractivity contribution in [2.24, 2.45) is 5.92 Å². The fourth-order valence-electron chi connectivity index (χ4n) is 2.60. The van der Waals surface area contributed by atoms with Gasteiger partial charge in [-0.15, -0.1) is 0 Å². The number of aryl methyl sites for hydroxylation is 1. The zero-order valence-corrected chi connectivity index (χ0v) is 10.6. The van der Waals surface area contributed by atoms with Gasteiger partial charge < -0.3 is 15.0 Å². The third-order valence-electron chi connectivity index (χ3n) is 3.68. The summed E-state index contributed by atoms with van der Waals surface area (Å²) in [5.41, 5.74) is 0.904. The van der Waals surface area contributed by atoms with Crippen LogP contribution in [0.4, 0.5) is 5.82 Å². The normalized spacial score (nSPS) is 17.6. The number of anilines is 1. The van der Waals surface area contributed by atoms with E-state index in [1.807, 2.05) is 19.2 Å². The Morgan fingerprint density at radius 1 is 1.39 bits per heavy atom. The molecule has 3 rings (SSSR count). The predicted octanol–water partition coefficient (Wildman–Crippen LogP) is 1.48. The van der Waals surface area contributed by atoms with E-state index < -0.39 is 0 Å². The van der Waals surface area contributed by atoms with Gasteiger partial charge in [0.1, 0.15) is 17.3 Å². The number of nitrogens with zero attached hydrogens (tertiary/aromatic N) is 3. The summed E-state index contributed by atoms with van der Waals surface area (Å²) in [4.78, 5) is 14.4. The summed E-state index contributed by atoms with van der Waals surface area (Å²) >= 11 is 0. The average molecular weight is 246 g/mol. The minimum Gasteiger partial charge on any atom is -0.396 e. The number of aromatic nitrogens is 3. The van der Waals surface area contributed by atoms with Crippen molar-refractivity contribution in [2.45, 2.75) is 19.8 Å². The molecule has 0 spiro atoms. The van der Waals surface area contributed by atoms with Crippen molar-refractivity contribution < 1.29 is 5.11 Å². The van der Waals surface area contributed by atoms with Gasteiger partial charge in [-0.1, -0.05) is 0 Å². The monoisotopic (exact) mass is 246 g/mol. The van der Waals surface area contributed by atoms with Crippen LogP contribution >= 0.6 is 0 Å². The van der Waals surface area contributed by atoms with Gasteiger partial charge in [0, 0.05) is 25.9 Å². The van der Waals surface area contributed by atoms with Crippen molar-refractivity contribution in [2.75, 3.05) is 24.6 Å². The standard InChI is InChI=1S/C13H18N4O/c1-9-15-12-11(2-5-14-12)13(16-9)17-6-3-10(8-18)4-7-17/h2,5,10,18H,3-4,6-8H2,1H3,(H,14,15,16). The average Bonchev–Trinajstić information content (AvgIpc) is 2.86. The minimum atomic E-state index is 0.302. The highest BCUT2D eigenvalue weighted by Crippen LogP contribution is 2.27. The first kappa shape index (κ1) is 11.5. The lowest BCUT2D eigenvalue weighted by Crippen LogP contribution is -2.35. The number of nitrogens with one attached hydrogen (secondary N) is 1. The van der Waals surface area contributed by atoms with Crippen LogP contribution in [0.5, 0.6) is 0 Å². The highest BCUT2D eigenvalue weighted by Gasteiger charge is 2.21. The lowest BCUT2D eigenvalue weighted by Gasteiger charge is -2.32. The first-order valence-corrected chi connectivity index (χ1v) is 6.45. The quantitative estimate of drug-likeness (QED) is 0.842. The second kappa shape index (κ2) is 4.57. The van der Waals surface area contributed by atoms with Crippen molar-refractivity contribution in [1.29, 1.82) is 0 Å². The third-order valence-corrected chi connectivity index (χ3v) is 3.68. The molecule has 5 heteroatoms. The molecule has 0 aliphatic carbocycles. The van der Waals surface area contributed by atoms with E-state index in [1.54, 1.807) is 0 Å². The molecule has 5 nitrogen and oxygen atoms in total. The fraction of sp³-hybridized carbons (Fsp3) is 0.538. The van der Waals surface area contributed by atoms with Crippen LogP contribution in [0.15, 0.2) is 12.3 Å². The van der Waals surface area contributed by atoms with Gasteiger partial charge in [-0.2, -0.15) is 0 Å². The largest absolute Gasteiger partial charge is 0.396 e. The zero-order valence-electron chi connectivity index (χ0n) is 10.6. The van der Waals surface area contributed by atoms with Crippen molar-refractivity contribution in [3.63, 3.8) is 0 Å². The van der Waals surface area contributed by atoms with E-state index in [0.717, 1.165) is 48.6 Å². The van der Waals surface area contributed by atoms with Gasteiger partial charge in [0.2, 0.25) is 0 Å². The van der Waals surface area contributed by atoms with E-state index in [0.29, 0.717) is 12.5 Å². The summed E-state index contributed by atoms with van der Waals surface area (Å²) in [5.74, 6) is 2.27. The van der Waals surface area contributed by atoms with Gasteiger partial charge in [-0.05, 0) is 31.7 Å². The van der Waals surface area contributed by atoms with Gasteiger partial charge in [0.05, 0.1) is 5.39 Å². The summed E-state index contributed by atoms with van der Waals surface area (Å²) < 4.78 is 0. The molecule has 0 unspecified atom stereocenters. The zero-order chi connectivity index (χ0) is 12.5. The molecule has 0 bridgehead atoms. The molecule has 2 aromatic rings. The maximum atomic E-state index is 9.18. The van der Waals surface area contributed by atoms with Crippen molar-refractivity contribution in [1.82, 2.24) is 15.0 Å². The van der Waals surface area contributed by atoms with Crippen LogP contribution in [0.3, 0.4) is 0 Å². The minimum absolute atomic E-state index is 0.302. The summed E-state index contributed by atoms with van der Waals surface area (Å²) in [6.45, 7) is 4.14. The van der Waals surface area contributed by atoms with E-state index in [4.69, 9.17) is 0 Å². The molecule has 1 saturated heterocycles. The highest BCUT2D eigenvalue weighted by molar-refractivity contribution is 5.87. The van der Waals surface area contributed by atoms with Crippen molar-refractivity contribution in [3.05, 3.63) is 18.1 Å². The molecule has 1 fully saturated rings. The first-order chi connectivity index (χ1) is 8.78. The van der Waals surface area contributed by atoms with E-state index in [1.165, 1.54) is 0 Å². The smallest absolute Gasteiger partial charge is 0.143 e. The Kier molecular flexibility index (Phi) is 2.91. The van der Waals surface area contributed by atoms with E-state index in [-0.39, 0.29) is 0 Å². The Morgan fingerprint density at radius 2 is 2.17 bits per heavy atom. The summed E-state index contributed by atoms with van der Waals surface area (Å²) in [5, 5.41) is 10.3. The van der Waals surface area contributed by atoms with E-state index in [2.05, 4.69) is 19.9 Å². The Bertz CT molecular complexity index is 543. The van der Waals surface area contributed by atoms with E-state index in [9.17, 15) is 5.11 Å². The number of rotatable bonds is 2. The van der Waals surface area contributed by atoms with Gasteiger partial charge >= 0.3 is 0 Å². The first-order valence-electron chi connectivity index (χ1n) is 6.45. The number of hydrogen-bond donors (Lipinski definition) is 2. The van der Waals surface area contributed by atoms with Crippen LogP contribution in [-0.4, -0.2) is 39.8 Å². The van der Waals surface area contributed by atoms with Crippen LogP contribution in [0.25, 0.3) is 11.0 Å². The fourth-order valence-corrected chi connectivity index (χ4v) is 2.60. The van der Waals surface area contributed by atoms with Gasteiger partial charge in [0.25, 0.3) is 0 Å². The summed E-state index contributed by atoms with van der Waals surface area (Å²) in [6.07, 6.45) is 3.97. The number of aromatic amines is 1. The molecule has 2 aromatic heterocycles. The van der Waals surface area contributed by atoms with E-state index >= 15 is 0 Å². The molecule has 1 aliphatic rings. The number of fused-ring (bicyclic) bond motifs is 1. The molecule has 96 valence electrons. The Labute approximate surface area is 106 Å². The van der Waals surface area contributed by atoms with Crippen molar-refractivity contribution in [3.8, 4) is 0 Å². The van der Waals surface area contributed by atoms with Gasteiger partial charge in [-0.3, -0.25) is 0 Å². The molecule has 0 atom stereocenters. The molecular weight excluding hydrogens is 228 g/mol. The maximum absolute atomic E-state index is 9.18. The second-order valence-electron chi connectivity index (χ2n) is 4.95. The van der Waals surface area contributed by atoms with Crippen molar-refractivity contribution >= 4 is 16.9 Å². The molecule has 0 aromatic carbocycles. The number of piperidine rings is 1. The molecule has 0 saturated carbocycles. The maximum Gasteiger partial charge on any atom is 0.143 e. The Morgan fingerprint density at radius 3 is 2.89 bits per heavy atom. The number of hydrogen-bond acceptors (Lipinski definition) is 4. The van der Waals surface area contributed by atoms with Gasteiger partial charge in [0.15, 0.2) is 0 Å². The predicted molar refractivity (Wildman–Crippen MR) is 70.6 cm³/mol. The summed E-state index contributed by atoms with van der Waals surface area (Å²) in [6, 6.07) is 2.03. The molecule has 3 heterocycles. The van der Waals surface area contributed by atoms with Crippen LogP contribution in [0, 0.1) is 12.8 Å².